The summed E-state index contributed by atoms with van der Waals surface area (Å²) in [6.45, 7) is 0.382. The van der Waals surface area contributed by atoms with E-state index in [-0.39, 0.29) is 0 Å². The Balaban J connectivity index is 2.88. The summed E-state index contributed by atoms with van der Waals surface area (Å²) in [4.78, 5) is 10.6. The molecule has 0 radical (unpaired) electrons. The molecular formula is C11H10O2. The molecule has 0 amide bonds. The molecule has 1 aromatic rings. The summed E-state index contributed by atoms with van der Waals surface area (Å²) in [5.41, 5.74) is 1.36. The van der Waals surface area contributed by atoms with Gasteiger partial charge < -0.3 is 4.74 Å². The molecule has 0 N–H and O–H groups in total. The summed E-state index contributed by atoms with van der Waals surface area (Å²) in [6.07, 6.45) is 0.802. The quantitative estimate of drug-likeness (QED) is 0.501. The fraction of sp³-hybridized carbons (Fsp3) is 0.182. The maximum Gasteiger partial charge on any atom is 0.151 e. The van der Waals surface area contributed by atoms with Crippen LogP contribution in [0.4, 0.5) is 0 Å². The van der Waals surface area contributed by atoms with Gasteiger partial charge in [0.15, 0.2) is 6.29 Å². The van der Waals surface area contributed by atoms with Crippen molar-refractivity contribution in [1.29, 1.82) is 0 Å². The van der Waals surface area contributed by atoms with Gasteiger partial charge in [-0.1, -0.05) is 30.0 Å². The topological polar surface area (TPSA) is 26.3 Å². The largest absolute Gasteiger partial charge is 0.372 e. The second-order valence-electron chi connectivity index (χ2n) is 2.44. The number of hydrogen-bond donors (Lipinski definition) is 0. The minimum absolute atomic E-state index is 0.382. The first kappa shape index (κ1) is 9.50. The Labute approximate surface area is 77.5 Å². The van der Waals surface area contributed by atoms with Gasteiger partial charge in [-0.3, -0.25) is 4.79 Å². The van der Waals surface area contributed by atoms with Gasteiger partial charge in [-0.2, -0.15) is 0 Å². The van der Waals surface area contributed by atoms with E-state index in [0.717, 1.165) is 11.8 Å². The molecule has 2 heteroatoms. The lowest BCUT2D eigenvalue weighted by atomic mass is 10.1. The minimum atomic E-state index is 0.382. The van der Waals surface area contributed by atoms with Crippen molar-refractivity contribution >= 4 is 6.29 Å². The highest BCUT2D eigenvalue weighted by Crippen LogP contribution is 2.03. The molecule has 0 saturated heterocycles. The lowest BCUT2D eigenvalue weighted by Gasteiger charge is -1.93. The Morgan fingerprint density at radius 2 is 2.23 bits per heavy atom. The number of methoxy groups -OCH3 is 1. The van der Waals surface area contributed by atoms with Crippen molar-refractivity contribution in [3.8, 4) is 11.8 Å². The van der Waals surface area contributed by atoms with Crippen LogP contribution in [0.2, 0.25) is 0 Å². The van der Waals surface area contributed by atoms with Crippen molar-refractivity contribution in [2.45, 2.75) is 0 Å². The van der Waals surface area contributed by atoms with Gasteiger partial charge in [0.25, 0.3) is 0 Å². The third kappa shape index (κ3) is 2.73. The van der Waals surface area contributed by atoms with Crippen LogP contribution in [0.15, 0.2) is 24.3 Å². The zero-order chi connectivity index (χ0) is 9.52. The second kappa shape index (κ2) is 5.13. The summed E-state index contributed by atoms with van der Waals surface area (Å²) in [5, 5.41) is 0. The van der Waals surface area contributed by atoms with E-state index in [1.807, 2.05) is 18.2 Å². The molecule has 0 bridgehead atoms. The molecule has 0 aliphatic rings. The lowest BCUT2D eigenvalue weighted by molar-refractivity contribution is 0.112. The average molecular weight is 174 g/mol. The Kier molecular flexibility index (Phi) is 3.74. The molecule has 0 fully saturated rings. The molecule has 66 valence electrons. The molecule has 1 rings (SSSR count). The van der Waals surface area contributed by atoms with Gasteiger partial charge >= 0.3 is 0 Å². The Morgan fingerprint density at radius 3 is 2.92 bits per heavy atom. The van der Waals surface area contributed by atoms with Gasteiger partial charge in [-0.15, -0.1) is 0 Å². The summed E-state index contributed by atoms with van der Waals surface area (Å²) >= 11 is 0. The number of rotatable bonds is 2. The van der Waals surface area contributed by atoms with E-state index in [1.165, 1.54) is 0 Å². The van der Waals surface area contributed by atoms with E-state index in [0.29, 0.717) is 12.2 Å². The number of benzene rings is 1. The molecule has 2 nitrogen and oxygen atoms in total. The molecule has 0 aliphatic heterocycles. The first-order chi connectivity index (χ1) is 6.38. The van der Waals surface area contributed by atoms with E-state index in [2.05, 4.69) is 11.8 Å². The molecule has 0 aliphatic carbocycles. The highest BCUT2D eigenvalue weighted by Gasteiger charge is 1.94. The standard InChI is InChI=1S/C11H10O2/c1-13-8-4-7-10-5-2-3-6-11(10)9-12/h2-3,5-6,9H,8H2,1H3. The molecular weight excluding hydrogens is 164 g/mol. The van der Waals surface area contributed by atoms with Crippen molar-refractivity contribution in [2.75, 3.05) is 13.7 Å². The highest BCUT2D eigenvalue weighted by molar-refractivity contribution is 5.79. The number of hydrogen-bond acceptors (Lipinski definition) is 2. The van der Waals surface area contributed by atoms with Crippen LogP contribution in [0.3, 0.4) is 0 Å². The van der Waals surface area contributed by atoms with Gasteiger partial charge in [0, 0.05) is 18.2 Å². The van der Waals surface area contributed by atoms with Gasteiger partial charge in [0.1, 0.15) is 6.61 Å². The van der Waals surface area contributed by atoms with Crippen LogP contribution < -0.4 is 0 Å². The fourth-order valence-electron chi connectivity index (χ4n) is 0.917. The fourth-order valence-corrected chi connectivity index (χ4v) is 0.917. The smallest absolute Gasteiger partial charge is 0.151 e. The Bertz CT molecular complexity index is 345. The molecule has 1 aromatic carbocycles. The van der Waals surface area contributed by atoms with E-state index in [1.54, 1.807) is 13.2 Å². The summed E-state index contributed by atoms with van der Waals surface area (Å²) in [5.74, 6) is 5.65. The van der Waals surface area contributed by atoms with Crippen molar-refractivity contribution in [1.82, 2.24) is 0 Å². The maximum atomic E-state index is 10.6. The predicted octanol–water partition coefficient (Wildman–Crippen LogP) is 1.50. The van der Waals surface area contributed by atoms with E-state index in [4.69, 9.17) is 4.74 Å². The van der Waals surface area contributed by atoms with Gasteiger partial charge in [0.2, 0.25) is 0 Å². The Morgan fingerprint density at radius 1 is 1.46 bits per heavy atom. The number of aldehydes is 1. The maximum absolute atomic E-state index is 10.6. The van der Waals surface area contributed by atoms with Crippen LogP contribution in [0.25, 0.3) is 0 Å². The number of carbonyl (C=O) groups is 1. The van der Waals surface area contributed by atoms with Crippen LogP contribution in [-0.2, 0) is 4.74 Å². The Hall–Kier alpha value is -1.59. The highest BCUT2D eigenvalue weighted by atomic mass is 16.5. The van der Waals surface area contributed by atoms with Crippen molar-refractivity contribution in [3.63, 3.8) is 0 Å². The predicted molar refractivity (Wildman–Crippen MR) is 50.6 cm³/mol. The van der Waals surface area contributed by atoms with Gasteiger partial charge in [0.05, 0.1) is 0 Å². The average Bonchev–Trinajstić information content (AvgIpc) is 2.19. The van der Waals surface area contributed by atoms with Crippen LogP contribution in [0.1, 0.15) is 15.9 Å². The third-order valence-corrected chi connectivity index (χ3v) is 1.53. The first-order valence-corrected chi connectivity index (χ1v) is 3.90. The van der Waals surface area contributed by atoms with E-state index >= 15 is 0 Å². The molecule has 0 unspecified atom stereocenters. The van der Waals surface area contributed by atoms with Crippen molar-refractivity contribution < 1.29 is 9.53 Å². The monoisotopic (exact) mass is 174 g/mol. The summed E-state index contributed by atoms with van der Waals surface area (Å²) in [6, 6.07) is 7.21. The molecule has 13 heavy (non-hydrogen) atoms. The SMILES string of the molecule is COCC#Cc1ccccc1C=O. The number of ether oxygens (including phenoxy) is 1. The minimum Gasteiger partial charge on any atom is -0.372 e. The van der Waals surface area contributed by atoms with Crippen LogP contribution in [0, 0.1) is 11.8 Å². The van der Waals surface area contributed by atoms with Crippen LogP contribution in [0.5, 0.6) is 0 Å². The second-order valence-corrected chi connectivity index (χ2v) is 2.44. The third-order valence-electron chi connectivity index (χ3n) is 1.53. The number of carbonyl (C=O) groups excluding carboxylic acids is 1. The molecule has 0 atom stereocenters. The van der Waals surface area contributed by atoms with Gasteiger partial charge in [-0.05, 0) is 6.07 Å². The molecule has 0 saturated carbocycles. The molecule has 0 aromatic heterocycles. The first-order valence-electron chi connectivity index (χ1n) is 3.90. The summed E-state index contributed by atoms with van der Waals surface area (Å²) in [7, 11) is 1.58. The zero-order valence-corrected chi connectivity index (χ0v) is 7.41. The lowest BCUT2D eigenvalue weighted by Crippen LogP contribution is -1.87. The zero-order valence-electron chi connectivity index (χ0n) is 7.41. The van der Waals surface area contributed by atoms with Crippen LogP contribution in [-0.4, -0.2) is 20.0 Å². The van der Waals surface area contributed by atoms with Gasteiger partial charge in [-0.25, -0.2) is 0 Å². The summed E-state index contributed by atoms with van der Waals surface area (Å²) < 4.78 is 4.78. The molecule has 0 heterocycles. The van der Waals surface area contributed by atoms with Crippen LogP contribution >= 0.6 is 0 Å². The molecule has 0 spiro atoms. The van der Waals surface area contributed by atoms with E-state index in [9.17, 15) is 4.79 Å². The van der Waals surface area contributed by atoms with Crippen molar-refractivity contribution in [3.05, 3.63) is 35.4 Å². The van der Waals surface area contributed by atoms with E-state index < -0.39 is 0 Å². The normalized spacial score (nSPS) is 8.69. The van der Waals surface area contributed by atoms with Crippen molar-refractivity contribution in [2.24, 2.45) is 0 Å².